The molecule has 4 nitrogen and oxygen atoms in total. The van der Waals surface area contributed by atoms with Gasteiger partial charge in [0.05, 0.1) is 11.2 Å². The third-order valence-electron chi connectivity index (χ3n) is 15.6. The lowest BCUT2D eigenvalue weighted by molar-refractivity contribution is 0.521. The first-order valence-electron chi connectivity index (χ1n) is 23.1. The minimum absolute atomic E-state index is 0.0505. The zero-order valence-electron chi connectivity index (χ0n) is 37.8. The van der Waals surface area contributed by atoms with Crippen LogP contribution in [-0.2, 0) is 16.2 Å². The van der Waals surface area contributed by atoms with E-state index in [1.54, 1.807) is 0 Å². The van der Waals surface area contributed by atoms with Gasteiger partial charge in [-0.1, -0.05) is 158 Å². The smallest absolute Gasteiger partial charge is 0.333 e. The highest BCUT2D eigenvalue weighted by Gasteiger charge is 2.49. The Hall–Kier alpha value is -7.24. The predicted molar refractivity (Wildman–Crippen MR) is 272 cm³/mol. The van der Waals surface area contributed by atoms with E-state index in [1.807, 2.05) is 0 Å². The van der Waals surface area contributed by atoms with Crippen LogP contribution in [0.5, 0.6) is 0 Å². The molecule has 0 bridgehead atoms. The van der Waals surface area contributed by atoms with Crippen molar-refractivity contribution >= 4 is 89.7 Å². The zero-order chi connectivity index (χ0) is 43.9. The summed E-state index contributed by atoms with van der Waals surface area (Å²) in [5, 5.41) is 4.48. The Balaban J connectivity index is 1.21. The van der Waals surface area contributed by atoms with Crippen molar-refractivity contribution in [1.82, 2.24) is 4.48 Å². The fourth-order valence-electron chi connectivity index (χ4n) is 12.4. The zero-order valence-corrected chi connectivity index (χ0v) is 37.8. The molecule has 1 aliphatic carbocycles. The second-order valence-electron chi connectivity index (χ2n) is 20.8. The van der Waals surface area contributed by atoms with Crippen molar-refractivity contribution in [3.63, 3.8) is 0 Å². The number of anilines is 3. The number of para-hydroxylation sites is 3. The van der Waals surface area contributed by atoms with Crippen molar-refractivity contribution in [1.29, 1.82) is 0 Å². The molecule has 0 unspecified atom stereocenters. The molecule has 0 saturated carbocycles. The van der Waals surface area contributed by atoms with Gasteiger partial charge < -0.3 is 18.2 Å². The lowest BCUT2D eigenvalue weighted by Crippen LogP contribution is -2.57. The molecular weight excluding hydrogens is 791 g/mol. The normalized spacial score (nSPS) is 15.5. The molecule has 0 radical (unpaired) electrons. The Morgan fingerprint density at radius 1 is 0.477 bits per heavy atom. The summed E-state index contributed by atoms with van der Waals surface area (Å²) >= 11 is 0. The number of hydrogen-bond acceptors (Lipinski definition) is 3. The third-order valence-corrected chi connectivity index (χ3v) is 15.6. The average molecular weight is 839 g/mol. The van der Waals surface area contributed by atoms with E-state index in [0.29, 0.717) is 0 Å². The Kier molecular flexibility index (Phi) is 7.04. The first kappa shape index (κ1) is 37.2. The summed E-state index contributed by atoms with van der Waals surface area (Å²) in [6.45, 7) is 16.4. The Labute approximate surface area is 378 Å². The van der Waals surface area contributed by atoms with Crippen molar-refractivity contribution in [3.8, 4) is 22.3 Å². The van der Waals surface area contributed by atoms with Crippen LogP contribution in [0, 0.1) is 0 Å². The molecule has 14 rings (SSSR count). The second-order valence-corrected chi connectivity index (χ2v) is 20.8. The molecule has 5 heterocycles. The maximum absolute atomic E-state index is 7.11. The average Bonchev–Trinajstić information content (AvgIpc) is 3.99. The monoisotopic (exact) mass is 838 g/mol. The van der Waals surface area contributed by atoms with Gasteiger partial charge in [-0.15, -0.1) is 0 Å². The summed E-state index contributed by atoms with van der Waals surface area (Å²) in [7, 11) is 0. The Morgan fingerprint density at radius 2 is 1.11 bits per heavy atom. The van der Waals surface area contributed by atoms with Gasteiger partial charge in [-0.3, -0.25) is 0 Å². The molecule has 3 aliphatic rings. The molecule has 0 fully saturated rings. The molecule has 0 amide bonds. The second kappa shape index (κ2) is 12.3. The van der Waals surface area contributed by atoms with Crippen LogP contribution >= 0.6 is 0 Å². The summed E-state index contributed by atoms with van der Waals surface area (Å²) in [5.41, 5.74) is 23.0. The highest BCUT2D eigenvalue weighted by molar-refractivity contribution is 6.90. The summed E-state index contributed by atoms with van der Waals surface area (Å²) in [5.74, 6) is 0. The van der Waals surface area contributed by atoms with Gasteiger partial charge in [0.1, 0.15) is 16.7 Å². The molecule has 0 N–H and O–H groups in total. The molecule has 0 saturated heterocycles. The van der Waals surface area contributed by atoms with E-state index in [2.05, 4.69) is 216 Å². The molecule has 8 aromatic carbocycles. The van der Waals surface area contributed by atoms with Crippen molar-refractivity contribution < 1.29 is 8.83 Å². The van der Waals surface area contributed by atoms with Gasteiger partial charge in [-0.2, -0.15) is 0 Å². The van der Waals surface area contributed by atoms with Gasteiger partial charge in [-0.05, 0) is 98.3 Å². The molecule has 0 spiro atoms. The van der Waals surface area contributed by atoms with E-state index < -0.39 is 0 Å². The first-order chi connectivity index (χ1) is 31.4. The van der Waals surface area contributed by atoms with Crippen LogP contribution in [0.2, 0.25) is 0 Å². The molecule has 11 aromatic rings. The van der Waals surface area contributed by atoms with Crippen molar-refractivity contribution in [3.05, 3.63) is 186 Å². The van der Waals surface area contributed by atoms with Gasteiger partial charge in [0.15, 0.2) is 5.58 Å². The van der Waals surface area contributed by atoms with Gasteiger partial charge in [-0.25, -0.2) is 0 Å². The number of rotatable bonds is 2. The maximum Gasteiger partial charge on any atom is 0.333 e. The number of benzene rings is 8. The van der Waals surface area contributed by atoms with Gasteiger partial charge in [0.2, 0.25) is 0 Å². The Bertz CT molecular complexity index is 3890. The van der Waals surface area contributed by atoms with Crippen LogP contribution < -0.4 is 15.8 Å². The topological polar surface area (TPSA) is 34.5 Å². The molecule has 5 heteroatoms. The maximum atomic E-state index is 7.11. The predicted octanol–water partition coefficient (Wildman–Crippen LogP) is 14.8. The molecule has 0 atom stereocenters. The van der Waals surface area contributed by atoms with Gasteiger partial charge in [0.25, 0.3) is 0 Å². The van der Waals surface area contributed by atoms with E-state index in [0.717, 1.165) is 60.6 Å². The largest absolute Gasteiger partial charge is 0.455 e. The standard InChI is InChI=1S/C60H47BN2O2/c1-58(2,3)35-28-29-47(40(30-35)34-18-9-8-10-19-34)62-48-33-45-44(59(4,5)42-24-13-14-25-43(42)60(45,6)7)32-46(48)61-53-49(62)31-41-36-20-11-15-26-50(36)64-56(41)52(53)38-22-17-23-39-54(38)63(61)55-37-21-12-16-27-51(37)65-57(39)55/h8-33H,1-7H3. The summed E-state index contributed by atoms with van der Waals surface area (Å²) in [6.07, 6.45) is 0. The van der Waals surface area contributed by atoms with Gasteiger partial charge >= 0.3 is 6.85 Å². The van der Waals surface area contributed by atoms with E-state index in [-0.39, 0.29) is 23.1 Å². The molecule has 3 aromatic heterocycles. The molecule has 2 aliphatic heterocycles. The lowest BCUT2D eigenvalue weighted by atomic mass is 9.44. The first-order valence-corrected chi connectivity index (χ1v) is 23.1. The van der Waals surface area contributed by atoms with E-state index >= 15 is 0 Å². The van der Waals surface area contributed by atoms with Crippen LogP contribution in [0.4, 0.5) is 17.1 Å². The van der Waals surface area contributed by atoms with Crippen LogP contribution in [0.1, 0.15) is 76.3 Å². The van der Waals surface area contributed by atoms with Crippen LogP contribution in [0.15, 0.2) is 167 Å². The quantitative estimate of drug-likeness (QED) is 0.163. The van der Waals surface area contributed by atoms with Crippen LogP contribution in [0.3, 0.4) is 0 Å². The molecule has 65 heavy (non-hydrogen) atoms. The molecular formula is C60H47BN2O2. The lowest BCUT2D eigenvalue weighted by Gasteiger charge is -2.47. The highest BCUT2D eigenvalue weighted by Crippen LogP contribution is 2.55. The number of aromatic nitrogens is 1. The molecule has 312 valence electrons. The van der Waals surface area contributed by atoms with E-state index in [1.165, 1.54) is 72.3 Å². The Morgan fingerprint density at radius 3 is 1.85 bits per heavy atom. The minimum atomic E-state index is -0.259. The fourth-order valence-corrected chi connectivity index (χ4v) is 12.4. The van der Waals surface area contributed by atoms with E-state index in [9.17, 15) is 0 Å². The minimum Gasteiger partial charge on any atom is -0.455 e. The summed E-state index contributed by atoms with van der Waals surface area (Å²) in [6, 6.07) is 58.9. The number of nitrogens with zero attached hydrogens (tertiary/aromatic N) is 2. The highest BCUT2D eigenvalue weighted by atomic mass is 16.3. The van der Waals surface area contributed by atoms with E-state index in [4.69, 9.17) is 8.83 Å². The van der Waals surface area contributed by atoms with Gasteiger partial charge in [0, 0.05) is 66.0 Å². The van der Waals surface area contributed by atoms with Crippen LogP contribution in [-0.4, -0.2) is 11.3 Å². The number of fused-ring (bicyclic) bond motifs is 15. The van der Waals surface area contributed by atoms with Crippen molar-refractivity contribution in [2.24, 2.45) is 0 Å². The third kappa shape index (κ3) is 4.68. The number of hydrogen-bond donors (Lipinski definition) is 0. The van der Waals surface area contributed by atoms with Crippen molar-refractivity contribution in [2.45, 2.75) is 64.7 Å². The summed E-state index contributed by atoms with van der Waals surface area (Å²) < 4.78 is 16.7. The van der Waals surface area contributed by atoms with Crippen LogP contribution in [0.25, 0.3) is 77.2 Å². The fraction of sp³-hybridized carbons (Fsp3) is 0.167. The number of furan rings is 2. The van der Waals surface area contributed by atoms with Crippen molar-refractivity contribution in [2.75, 3.05) is 4.90 Å². The SMILES string of the molecule is CC(C)(C)c1ccc(N2c3cc4c(cc3B3c5c2cc2c(oc6ccccc62)c5-c2cccc5c6oc7ccccc7c6n3c25)C(C)(C)c2ccccc2C4(C)C)c(-c2ccccc2)c1. The summed E-state index contributed by atoms with van der Waals surface area (Å²) in [4.78, 5) is 2.63.